The molecule has 0 saturated heterocycles. The SMILES string of the molecule is C=CC1CCC2CC2C1.C[C]1[C](C)[C](C)[C](C)[C]1C.F[B-](F)(F)F.[C-]#[O+].[C-]#[O+].[Fe]. The van der Waals surface area contributed by atoms with Crippen molar-refractivity contribution in [2.45, 2.75) is 60.3 Å². The molecule has 2 nitrogen and oxygen atoms in total. The average molecular weight is 456 g/mol. The number of allylic oxidation sites excluding steroid dienone is 1. The van der Waals surface area contributed by atoms with E-state index in [1.54, 1.807) is 0 Å². The molecular weight excluding hydrogens is 427 g/mol. The second kappa shape index (κ2) is 16.2. The van der Waals surface area contributed by atoms with E-state index in [0.29, 0.717) is 0 Å². The van der Waals surface area contributed by atoms with Crippen LogP contribution in [0.5, 0.6) is 0 Å². The van der Waals surface area contributed by atoms with Crippen molar-refractivity contribution >= 4 is 7.25 Å². The topological polar surface area (TPSA) is 39.8 Å². The van der Waals surface area contributed by atoms with Gasteiger partial charge in [-0.25, -0.2) is 0 Å². The van der Waals surface area contributed by atoms with E-state index in [1.807, 2.05) is 0 Å². The van der Waals surface area contributed by atoms with Crippen LogP contribution < -0.4 is 0 Å². The Morgan fingerprint density at radius 2 is 1.07 bits per heavy atom. The van der Waals surface area contributed by atoms with Gasteiger partial charge in [-0.05, 0) is 73.0 Å². The van der Waals surface area contributed by atoms with Crippen LogP contribution in [-0.4, -0.2) is 7.25 Å². The fraction of sp³-hybridized carbons (Fsp3) is 0.571. The Morgan fingerprint density at radius 1 is 0.759 bits per heavy atom. The quantitative estimate of drug-likeness (QED) is 0.137. The summed E-state index contributed by atoms with van der Waals surface area (Å²) in [7, 11) is -6.00. The summed E-state index contributed by atoms with van der Waals surface area (Å²) in [6, 6.07) is 0. The van der Waals surface area contributed by atoms with Crippen LogP contribution in [0.3, 0.4) is 0 Å². The van der Waals surface area contributed by atoms with Crippen LogP contribution in [-0.2, 0) is 26.4 Å². The number of hydrogen-bond donors (Lipinski definition) is 0. The molecule has 3 unspecified atom stereocenters. The van der Waals surface area contributed by atoms with Crippen LogP contribution in [0.4, 0.5) is 17.3 Å². The molecule has 0 aromatic carbocycles. The summed E-state index contributed by atoms with van der Waals surface area (Å²) in [5, 5.41) is 0. The maximum Gasteiger partial charge on any atom is 0 e. The molecule has 3 aliphatic rings. The smallest absolute Gasteiger partial charge is 0 e. The third-order valence-electron chi connectivity index (χ3n) is 5.73. The van der Waals surface area contributed by atoms with E-state index < -0.39 is 7.25 Å². The Labute approximate surface area is 184 Å². The van der Waals surface area contributed by atoms with Crippen molar-refractivity contribution in [1.82, 2.24) is 0 Å². The maximum atomic E-state index is 9.75. The van der Waals surface area contributed by atoms with Gasteiger partial charge >= 0.3 is 29.9 Å². The third-order valence-corrected chi connectivity index (χ3v) is 5.73. The molecule has 29 heavy (non-hydrogen) atoms. The van der Waals surface area contributed by atoms with Gasteiger partial charge in [-0.15, -0.1) is 6.58 Å². The molecule has 3 saturated carbocycles. The molecule has 0 N–H and O–H groups in total. The summed E-state index contributed by atoms with van der Waals surface area (Å²) in [6.45, 7) is 23.8. The van der Waals surface area contributed by atoms with Gasteiger partial charge in [0.15, 0.2) is 0 Å². The zero-order chi connectivity index (χ0) is 22.7. The number of rotatable bonds is 1. The molecular formula is C21H29BF4FeO2-. The van der Waals surface area contributed by atoms with Gasteiger partial charge < -0.3 is 17.3 Å². The van der Waals surface area contributed by atoms with Crippen molar-refractivity contribution in [3.8, 4) is 0 Å². The summed E-state index contributed by atoms with van der Waals surface area (Å²) in [5.74, 6) is 10.5. The predicted molar refractivity (Wildman–Crippen MR) is 102 cm³/mol. The van der Waals surface area contributed by atoms with Crippen LogP contribution in [0.2, 0.25) is 0 Å². The van der Waals surface area contributed by atoms with E-state index in [1.165, 1.54) is 55.3 Å². The van der Waals surface area contributed by atoms with Gasteiger partial charge in [0, 0.05) is 17.1 Å². The van der Waals surface area contributed by atoms with Crippen LogP contribution >= 0.6 is 0 Å². The zero-order valence-electron chi connectivity index (χ0n) is 17.6. The van der Waals surface area contributed by atoms with Crippen LogP contribution in [0, 0.1) is 60.6 Å². The second-order valence-corrected chi connectivity index (χ2v) is 7.18. The molecule has 8 heteroatoms. The van der Waals surface area contributed by atoms with Crippen LogP contribution in [0.1, 0.15) is 60.3 Å². The molecule has 3 atom stereocenters. The standard InChI is InChI=1S/C10H15.C9H14.2CO.BF4.Fe/c1-6-7(2)9(4)10(5)8(6)3;1-2-7-3-4-8-6-9(8)5-7;2*1-2;2-1(3,4)5;/h1-5H3;2,7-9H,1,3-6H2;;;;/q;;;;-1;. The van der Waals surface area contributed by atoms with E-state index in [-0.39, 0.29) is 17.1 Å². The van der Waals surface area contributed by atoms with Crippen LogP contribution in [0.15, 0.2) is 12.7 Å². The fourth-order valence-corrected chi connectivity index (χ4v) is 3.51. The Balaban J connectivity index is -0.000000329. The van der Waals surface area contributed by atoms with Gasteiger partial charge in [-0.2, -0.15) is 0 Å². The molecule has 0 amide bonds. The zero-order valence-corrected chi connectivity index (χ0v) is 18.7. The molecule has 165 valence electrons. The van der Waals surface area contributed by atoms with E-state index in [2.05, 4.69) is 60.6 Å². The Kier molecular flexibility index (Phi) is 18.6. The summed E-state index contributed by atoms with van der Waals surface area (Å²) < 4.78 is 54.0. The summed E-state index contributed by atoms with van der Waals surface area (Å²) in [5.41, 5.74) is 0. The van der Waals surface area contributed by atoms with Crippen molar-refractivity contribution in [3.05, 3.63) is 55.5 Å². The molecule has 3 aliphatic carbocycles. The number of halogens is 4. The minimum atomic E-state index is -6.00. The first-order chi connectivity index (χ1) is 13.0. The predicted octanol–water partition coefficient (Wildman–Crippen LogP) is 6.80. The van der Waals surface area contributed by atoms with E-state index >= 15 is 0 Å². The first-order valence-corrected chi connectivity index (χ1v) is 9.06. The first-order valence-electron chi connectivity index (χ1n) is 9.06. The Bertz CT molecular complexity index is 427. The normalized spacial score (nSPS) is 26.9. The molecule has 0 heterocycles. The van der Waals surface area contributed by atoms with Crippen LogP contribution in [0.25, 0.3) is 0 Å². The molecule has 0 aliphatic heterocycles. The third kappa shape index (κ3) is 13.4. The number of fused-ring (bicyclic) bond motifs is 1. The van der Waals surface area contributed by atoms with Crippen molar-refractivity contribution in [3.63, 3.8) is 0 Å². The minimum Gasteiger partial charge on any atom is 0 e. The number of hydrogen-bond acceptors (Lipinski definition) is 0. The van der Waals surface area contributed by atoms with Gasteiger partial charge in [0.2, 0.25) is 0 Å². The van der Waals surface area contributed by atoms with Gasteiger partial charge in [0.05, 0.1) is 0 Å². The van der Waals surface area contributed by atoms with E-state index in [0.717, 1.165) is 17.8 Å². The monoisotopic (exact) mass is 456 g/mol. The summed E-state index contributed by atoms with van der Waals surface area (Å²) >= 11 is 0. The van der Waals surface area contributed by atoms with Gasteiger partial charge in [-0.1, -0.05) is 40.7 Å². The largest absolute Gasteiger partial charge is 0 e. The molecule has 5 radical (unpaired) electrons. The summed E-state index contributed by atoms with van der Waals surface area (Å²) in [4.78, 5) is 0. The first kappa shape index (κ1) is 33.2. The molecule has 0 bridgehead atoms. The molecule has 0 spiro atoms. The molecule has 3 fully saturated rings. The molecule has 0 aromatic rings. The fourth-order valence-electron chi connectivity index (χ4n) is 3.51. The van der Waals surface area contributed by atoms with E-state index in [4.69, 9.17) is 9.30 Å². The van der Waals surface area contributed by atoms with Gasteiger partial charge in [0.25, 0.3) is 0 Å². The molecule has 3 rings (SSSR count). The minimum absolute atomic E-state index is 0. The second-order valence-electron chi connectivity index (χ2n) is 7.18. The van der Waals surface area contributed by atoms with Gasteiger partial charge in [-0.3, -0.25) is 0 Å². The van der Waals surface area contributed by atoms with Gasteiger partial charge in [0.1, 0.15) is 0 Å². The average Bonchev–Trinajstić information content (AvgIpc) is 3.43. The Morgan fingerprint density at radius 3 is 1.31 bits per heavy atom. The maximum absolute atomic E-state index is 9.75. The van der Waals surface area contributed by atoms with E-state index in [9.17, 15) is 17.3 Å². The van der Waals surface area contributed by atoms with Crippen molar-refractivity contribution in [2.24, 2.45) is 17.8 Å². The van der Waals surface area contributed by atoms with Crippen molar-refractivity contribution < 1.29 is 43.6 Å². The molecule has 0 aromatic heterocycles. The Hall–Kier alpha value is -0.476. The summed E-state index contributed by atoms with van der Waals surface area (Å²) in [6.07, 6.45) is 8.04. The van der Waals surface area contributed by atoms with Crippen molar-refractivity contribution in [1.29, 1.82) is 0 Å². The van der Waals surface area contributed by atoms with Crippen molar-refractivity contribution in [2.75, 3.05) is 0 Å².